The molecule has 2 atom stereocenters. The molecule has 2 heteroatoms. The third-order valence-corrected chi connectivity index (χ3v) is 3.26. The molecule has 2 bridgehead atoms. The molecular weight excluding hydrogens is 150 g/mol. The van der Waals surface area contributed by atoms with Crippen LogP contribution in [0.3, 0.4) is 0 Å². The van der Waals surface area contributed by atoms with Crippen molar-refractivity contribution >= 4 is 5.91 Å². The Kier molecular flexibility index (Phi) is 2.07. The molecule has 0 N–H and O–H groups in total. The van der Waals surface area contributed by atoms with E-state index in [1.54, 1.807) is 0 Å². The predicted octanol–water partition coefficient (Wildman–Crippen LogP) is 1.65. The summed E-state index contributed by atoms with van der Waals surface area (Å²) in [6.07, 6.45) is 4.78. The standard InChI is InChI=1S/C10H17NO/c1-2-10(12)11-6-8-3-4-9(5-8)7-11/h8-9H,2-7H2,1H3. The normalized spacial score (nSPS) is 33.9. The monoisotopic (exact) mass is 167 g/mol. The number of nitrogens with zero attached hydrogens (tertiary/aromatic N) is 1. The minimum absolute atomic E-state index is 0.353. The molecule has 1 amide bonds. The first kappa shape index (κ1) is 8.09. The largest absolute Gasteiger partial charge is 0.342 e. The molecule has 1 saturated carbocycles. The highest BCUT2D eigenvalue weighted by Gasteiger charge is 2.34. The third kappa shape index (κ3) is 1.35. The summed E-state index contributed by atoms with van der Waals surface area (Å²) in [6, 6.07) is 0. The van der Waals surface area contributed by atoms with Crippen LogP contribution in [-0.4, -0.2) is 23.9 Å². The summed E-state index contributed by atoms with van der Waals surface area (Å²) in [5, 5.41) is 0. The number of hydrogen-bond acceptors (Lipinski definition) is 1. The number of likely N-dealkylation sites (tertiary alicyclic amines) is 1. The van der Waals surface area contributed by atoms with Gasteiger partial charge in [0.05, 0.1) is 0 Å². The summed E-state index contributed by atoms with van der Waals surface area (Å²) < 4.78 is 0. The van der Waals surface area contributed by atoms with Crippen molar-refractivity contribution in [2.45, 2.75) is 32.6 Å². The Morgan fingerprint density at radius 3 is 2.42 bits per heavy atom. The van der Waals surface area contributed by atoms with Crippen molar-refractivity contribution < 1.29 is 4.79 Å². The van der Waals surface area contributed by atoms with Gasteiger partial charge < -0.3 is 4.90 Å². The summed E-state index contributed by atoms with van der Waals surface area (Å²) in [5.41, 5.74) is 0. The number of hydrogen-bond donors (Lipinski definition) is 0. The van der Waals surface area contributed by atoms with Gasteiger partial charge in [0.2, 0.25) is 5.91 Å². The average molecular weight is 167 g/mol. The van der Waals surface area contributed by atoms with E-state index in [2.05, 4.69) is 4.90 Å². The van der Waals surface area contributed by atoms with Crippen molar-refractivity contribution in [2.75, 3.05) is 13.1 Å². The van der Waals surface area contributed by atoms with Crippen LogP contribution in [0.15, 0.2) is 0 Å². The van der Waals surface area contributed by atoms with Gasteiger partial charge in [0.15, 0.2) is 0 Å². The first-order valence-corrected chi connectivity index (χ1v) is 5.07. The van der Waals surface area contributed by atoms with Crippen LogP contribution in [0.25, 0.3) is 0 Å². The highest BCUT2D eigenvalue weighted by atomic mass is 16.2. The van der Waals surface area contributed by atoms with Crippen LogP contribution in [0, 0.1) is 11.8 Å². The van der Waals surface area contributed by atoms with Crippen molar-refractivity contribution in [1.82, 2.24) is 4.90 Å². The maximum Gasteiger partial charge on any atom is 0.222 e. The van der Waals surface area contributed by atoms with Gasteiger partial charge in [-0.05, 0) is 31.1 Å². The molecule has 0 aromatic heterocycles. The minimum Gasteiger partial charge on any atom is -0.342 e. The van der Waals surface area contributed by atoms with Crippen LogP contribution in [0.5, 0.6) is 0 Å². The Morgan fingerprint density at radius 1 is 1.33 bits per heavy atom. The number of rotatable bonds is 1. The maximum atomic E-state index is 11.4. The summed E-state index contributed by atoms with van der Waals surface area (Å²) in [7, 11) is 0. The smallest absolute Gasteiger partial charge is 0.222 e. The number of fused-ring (bicyclic) bond motifs is 2. The van der Waals surface area contributed by atoms with Gasteiger partial charge in [0, 0.05) is 19.5 Å². The van der Waals surface area contributed by atoms with Crippen LogP contribution >= 0.6 is 0 Å². The molecule has 1 heterocycles. The minimum atomic E-state index is 0.353. The quantitative estimate of drug-likeness (QED) is 0.581. The van der Waals surface area contributed by atoms with Gasteiger partial charge in [-0.1, -0.05) is 6.92 Å². The summed E-state index contributed by atoms with van der Waals surface area (Å²) in [5.74, 6) is 2.02. The topological polar surface area (TPSA) is 20.3 Å². The SMILES string of the molecule is CCC(=O)N1CC2CCC(C2)C1. The van der Waals surface area contributed by atoms with Gasteiger partial charge in [-0.2, -0.15) is 0 Å². The lowest BCUT2D eigenvalue weighted by molar-refractivity contribution is -0.132. The zero-order chi connectivity index (χ0) is 8.55. The van der Waals surface area contributed by atoms with Crippen molar-refractivity contribution in [3.05, 3.63) is 0 Å². The zero-order valence-electron chi connectivity index (χ0n) is 7.75. The fraction of sp³-hybridized carbons (Fsp3) is 0.900. The lowest BCUT2D eigenvalue weighted by Gasteiger charge is -2.31. The molecule has 2 nitrogen and oxygen atoms in total. The van der Waals surface area contributed by atoms with Crippen LogP contribution in [0.4, 0.5) is 0 Å². The molecule has 68 valence electrons. The number of carbonyl (C=O) groups excluding carboxylic acids is 1. The molecule has 0 spiro atoms. The third-order valence-electron chi connectivity index (χ3n) is 3.26. The van der Waals surface area contributed by atoms with Gasteiger partial charge >= 0.3 is 0 Å². The number of carbonyl (C=O) groups is 1. The summed E-state index contributed by atoms with van der Waals surface area (Å²) in [4.78, 5) is 13.5. The van der Waals surface area contributed by atoms with Crippen LogP contribution in [-0.2, 0) is 4.79 Å². The maximum absolute atomic E-state index is 11.4. The second-order valence-corrected chi connectivity index (χ2v) is 4.20. The van der Waals surface area contributed by atoms with Crippen LogP contribution < -0.4 is 0 Å². The second kappa shape index (κ2) is 3.08. The van der Waals surface area contributed by atoms with Gasteiger partial charge in [-0.25, -0.2) is 0 Å². The van der Waals surface area contributed by atoms with E-state index in [-0.39, 0.29) is 0 Å². The van der Waals surface area contributed by atoms with E-state index < -0.39 is 0 Å². The van der Waals surface area contributed by atoms with E-state index in [0.717, 1.165) is 24.9 Å². The molecule has 2 fully saturated rings. The lowest BCUT2D eigenvalue weighted by Crippen LogP contribution is -2.40. The Bertz CT molecular complexity index is 178. The fourth-order valence-corrected chi connectivity index (χ4v) is 2.64. The molecule has 1 aliphatic carbocycles. The molecule has 2 aliphatic rings. The van der Waals surface area contributed by atoms with Gasteiger partial charge in [-0.3, -0.25) is 4.79 Å². The first-order chi connectivity index (χ1) is 5.79. The molecule has 0 aromatic rings. The highest BCUT2D eigenvalue weighted by molar-refractivity contribution is 5.75. The number of piperidine rings is 1. The Morgan fingerprint density at radius 2 is 1.92 bits per heavy atom. The average Bonchev–Trinajstić information content (AvgIpc) is 2.44. The molecule has 1 saturated heterocycles. The van der Waals surface area contributed by atoms with Crippen molar-refractivity contribution in [1.29, 1.82) is 0 Å². The summed E-state index contributed by atoms with van der Waals surface area (Å²) >= 11 is 0. The molecule has 2 rings (SSSR count). The van der Waals surface area contributed by atoms with Crippen molar-refractivity contribution in [3.8, 4) is 0 Å². The van der Waals surface area contributed by atoms with E-state index in [1.165, 1.54) is 19.3 Å². The lowest BCUT2D eigenvalue weighted by atomic mass is 9.99. The summed E-state index contributed by atoms with van der Waals surface area (Å²) in [6.45, 7) is 4.05. The molecular formula is C10H17NO. The first-order valence-electron chi connectivity index (χ1n) is 5.07. The van der Waals surface area contributed by atoms with Gasteiger partial charge in [-0.15, -0.1) is 0 Å². The highest BCUT2D eigenvalue weighted by Crippen LogP contribution is 2.36. The Labute approximate surface area is 73.9 Å². The van der Waals surface area contributed by atoms with E-state index in [9.17, 15) is 4.79 Å². The Hall–Kier alpha value is -0.530. The molecule has 0 radical (unpaired) electrons. The second-order valence-electron chi connectivity index (χ2n) is 4.20. The van der Waals surface area contributed by atoms with Gasteiger partial charge in [0.25, 0.3) is 0 Å². The van der Waals surface area contributed by atoms with Crippen molar-refractivity contribution in [2.24, 2.45) is 11.8 Å². The molecule has 1 aliphatic heterocycles. The Balaban J connectivity index is 1.98. The van der Waals surface area contributed by atoms with Crippen LogP contribution in [0.2, 0.25) is 0 Å². The molecule has 2 unspecified atom stereocenters. The fourth-order valence-electron chi connectivity index (χ4n) is 2.64. The van der Waals surface area contributed by atoms with Gasteiger partial charge in [0.1, 0.15) is 0 Å². The molecule has 12 heavy (non-hydrogen) atoms. The van der Waals surface area contributed by atoms with E-state index in [1.807, 2.05) is 6.92 Å². The number of amides is 1. The zero-order valence-corrected chi connectivity index (χ0v) is 7.75. The predicted molar refractivity (Wildman–Crippen MR) is 47.7 cm³/mol. The van der Waals surface area contributed by atoms with E-state index in [4.69, 9.17) is 0 Å². The van der Waals surface area contributed by atoms with E-state index in [0.29, 0.717) is 12.3 Å². The molecule has 0 aromatic carbocycles. The van der Waals surface area contributed by atoms with Crippen molar-refractivity contribution in [3.63, 3.8) is 0 Å². The van der Waals surface area contributed by atoms with E-state index >= 15 is 0 Å². The van der Waals surface area contributed by atoms with Crippen LogP contribution in [0.1, 0.15) is 32.6 Å².